The Morgan fingerprint density at radius 1 is 1.31 bits per heavy atom. The molecule has 4 unspecified atom stereocenters. The molecule has 1 aromatic rings. The van der Waals surface area contributed by atoms with E-state index in [-0.39, 0.29) is 0 Å². The SMILES string of the molecule is COC1(c2cccc(C(N)=O)c2)/C(=C\NC2CCC(C)C2)CCCC1C. The highest BCUT2D eigenvalue weighted by atomic mass is 16.5. The molecular formula is C22H32N2O2. The summed E-state index contributed by atoms with van der Waals surface area (Å²) in [7, 11) is 1.78. The van der Waals surface area contributed by atoms with Crippen LogP contribution < -0.4 is 11.1 Å². The molecule has 2 saturated carbocycles. The summed E-state index contributed by atoms with van der Waals surface area (Å²) in [4.78, 5) is 11.7. The number of ether oxygens (including phenoxy) is 1. The zero-order valence-electron chi connectivity index (χ0n) is 16.3. The summed E-state index contributed by atoms with van der Waals surface area (Å²) in [6.07, 6.45) is 9.25. The number of benzene rings is 1. The van der Waals surface area contributed by atoms with Gasteiger partial charge in [0.1, 0.15) is 5.60 Å². The van der Waals surface area contributed by atoms with Gasteiger partial charge >= 0.3 is 0 Å². The van der Waals surface area contributed by atoms with Crippen LogP contribution in [-0.2, 0) is 10.3 Å². The van der Waals surface area contributed by atoms with E-state index in [1.807, 2.05) is 12.1 Å². The van der Waals surface area contributed by atoms with E-state index in [2.05, 4.69) is 31.4 Å². The monoisotopic (exact) mass is 356 g/mol. The molecule has 26 heavy (non-hydrogen) atoms. The average Bonchev–Trinajstić information content (AvgIpc) is 3.05. The molecule has 2 aliphatic carbocycles. The van der Waals surface area contributed by atoms with Crippen molar-refractivity contribution in [2.24, 2.45) is 17.6 Å². The lowest BCUT2D eigenvalue weighted by molar-refractivity contribution is -0.0434. The molecule has 0 heterocycles. The number of nitrogens with one attached hydrogen (secondary N) is 1. The molecule has 1 aromatic carbocycles. The molecule has 3 N–H and O–H groups in total. The van der Waals surface area contributed by atoms with Crippen LogP contribution in [0.4, 0.5) is 0 Å². The molecule has 4 heteroatoms. The summed E-state index contributed by atoms with van der Waals surface area (Å²) in [6.45, 7) is 4.57. The highest BCUT2D eigenvalue weighted by Gasteiger charge is 2.44. The van der Waals surface area contributed by atoms with Gasteiger partial charge in [-0.15, -0.1) is 0 Å². The molecule has 1 amide bonds. The van der Waals surface area contributed by atoms with Crippen LogP contribution in [0.25, 0.3) is 0 Å². The van der Waals surface area contributed by atoms with Crippen LogP contribution in [0.3, 0.4) is 0 Å². The van der Waals surface area contributed by atoms with E-state index >= 15 is 0 Å². The third-order valence-electron chi connectivity index (χ3n) is 6.34. The van der Waals surface area contributed by atoms with Gasteiger partial charge in [-0.25, -0.2) is 0 Å². The van der Waals surface area contributed by atoms with Crippen molar-refractivity contribution in [3.05, 3.63) is 47.2 Å². The number of methoxy groups -OCH3 is 1. The lowest BCUT2D eigenvalue weighted by Crippen LogP contribution is -2.42. The van der Waals surface area contributed by atoms with Gasteiger partial charge in [0, 0.05) is 18.7 Å². The van der Waals surface area contributed by atoms with Gasteiger partial charge in [-0.2, -0.15) is 0 Å². The molecule has 0 bridgehead atoms. The van der Waals surface area contributed by atoms with E-state index < -0.39 is 11.5 Å². The smallest absolute Gasteiger partial charge is 0.248 e. The Bertz CT molecular complexity index is 684. The Labute approximate surface area is 157 Å². The minimum absolute atomic E-state index is 0.333. The maximum Gasteiger partial charge on any atom is 0.248 e. The van der Waals surface area contributed by atoms with Crippen LogP contribution in [-0.4, -0.2) is 19.1 Å². The molecule has 0 spiro atoms. The highest BCUT2D eigenvalue weighted by Crippen LogP contribution is 2.48. The van der Waals surface area contributed by atoms with Crippen LogP contribution in [0.2, 0.25) is 0 Å². The fourth-order valence-corrected chi connectivity index (χ4v) is 4.88. The van der Waals surface area contributed by atoms with Crippen molar-refractivity contribution >= 4 is 5.91 Å². The number of carbonyl (C=O) groups excluding carboxylic acids is 1. The third-order valence-corrected chi connectivity index (χ3v) is 6.34. The zero-order chi connectivity index (χ0) is 18.7. The lowest BCUT2D eigenvalue weighted by atomic mass is 9.69. The van der Waals surface area contributed by atoms with Gasteiger partial charge in [-0.3, -0.25) is 4.79 Å². The zero-order valence-corrected chi connectivity index (χ0v) is 16.3. The van der Waals surface area contributed by atoms with Gasteiger partial charge in [0.25, 0.3) is 0 Å². The van der Waals surface area contributed by atoms with Crippen molar-refractivity contribution in [3.8, 4) is 0 Å². The second-order valence-electron chi connectivity index (χ2n) is 8.13. The van der Waals surface area contributed by atoms with Gasteiger partial charge in [-0.05, 0) is 79.8 Å². The van der Waals surface area contributed by atoms with Gasteiger partial charge in [0.2, 0.25) is 5.91 Å². The average molecular weight is 357 g/mol. The van der Waals surface area contributed by atoms with Crippen molar-refractivity contribution in [3.63, 3.8) is 0 Å². The quantitative estimate of drug-likeness (QED) is 0.834. The van der Waals surface area contributed by atoms with Gasteiger partial charge in [-0.1, -0.05) is 26.0 Å². The van der Waals surface area contributed by atoms with Crippen LogP contribution in [0.15, 0.2) is 36.0 Å². The minimum atomic E-state index is -0.499. The Kier molecular flexibility index (Phi) is 5.71. The number of nitrogens with two attached hydrogens (primary N) is 1. The first-order chi connectivity index (χ1) is 12.5. The van der Waals surface area contributed by atoms with Crippen molar-refractivity contribution in [1.29, 1.82) is 0 Å². The first-order valence-electron chi connectivity index (χ1n) is 9.88. The molecule has 0 saturated heterocycles. The van der Waals surface area contributed by atoms with Gasteiger partial charge in [0.15, 0.2) is 0 Å². The normalized spacial score (nSPS) is 33.3. The van der Waals surface area contributed by atoms with E-state index in [1.165, 1.54) is 24.8 Å². The summed E-state index contributed by atoms with van der Waals surface area (Å²) in [5.74, 6) is 0.737. The molecule has 0 aliphatic heterocycles. The number of hydrogen-bond acceptors (Lipinski definition) is 3. The van der Waals surface area contributed by atoms with Crippen molar-refractivity contribution in [2.75, 3.05) is 7.11 Å². The number of primary amides is 1. The first-order valence-corrected chi connectivity index (χ1v) is 9.88. The fraction of sp³-hybridized carbons (Fsp3) is 0.591. The molecule has 142 valence electrons. The van der Waals surface area contributed by atoms with E-state index in [0.717, 1.165) is 30.7 Å². The Hall–Kier alpha value is -1.81. The fourth-order valence-electron chi connectivity index (χ4n) is 4.88. The minimum Gasteiger partial charge on any atom is -0.388 e. The summed E-state index contributed by atoms with van der Waals surface area (Å²) in [6, 6.07) is 8.19. The lowest BCUT2D eigenvalue weighted by Gasteiger charge is -2.44. The van der Waals surface area contributed by atoms with Crippen molar-refractivity contribution in [2.45, 2.75) is 64.0 Å². The van der Waals surface area contributed by atoms with Crippen LogP contribution >= 0.6 is 0 Å². The Morgan fingerprint density at radius 2 is 2.12 bits per heavy atom. The van der Waals surface area contributed by atoms with E-state index in [0.29, 0.717) is 17.5 Å². The summed E-state index contributed by atoms with van der Waals surface area (Å²) in [5, 5.41) is 3.66. The maximum atomic E-state index is 11.7. The third kappa shape index (κ3) is 3.52. The molecule has 2 fully saturated rings. The number of carbonyl (C=O) groups is 1. The highest BCUT2D eigenvalue weighted by molar-refractivity contribution is 5.93. The summed E-state index contributed by atoms with van der Waals surface area (Å²) in [5.41, 5.74) is 7.85. The largest absolute Gasteiger partial charge is 0.388 e. The maximum absolute atomic E-state index is 11.7. The van der Waals surface area contributed by atoms with E-state index in [4.69, 9.17) is 10.5 Å². The predicted molar refractivity (Wildman–Crippen MR) is 105 cm³/mol. The van der Waals surface area contributed by atoms with E-state index in [9.17, 15) is 4.79 Å². The Morgan fingerprint density at radius 3 is 2.77 bits per heavy atom. The van der Waals surface area contributed by atoms with Crippen LogP contribution in [0.5, 0.6) is 0 Å². The molecule has 0 radical (unpaired) electrons. The molecule has 4 atom stereocenters. The molecule has 4 nitrogen and oxygen atoms in total. The molecule has 2 aliphatic rings. The predicted octanol–water partition coefficient (Wildman–Crippen LogP) is 4.11. The van der Waals surface area contributed by atoms with Gasteiger partial charge < -0.3 is 15.8 Å². The van der Waals surface area contributed by atoms with Crippen LogP contribution in [0.1, 0.15) is 68.3 Å². The van der Waals surface area contributed by atoms with Crippen molar-refractivity contribution in [1.82, 2.24) is 5.32 Å². The summed E-state index contributed by atoms with van der Waals surface area (Å²) >= 11 is 0. The number of rotatable bonds is 5. The van der Waals surface area contributed by atoms with Crippen molar-refractivity contribution < 1.29 is 9.53 Å². The topological polar surface area (TPSA) is 64.3 Å². The van der Waals surface area contributed by atoms with E-state index in [1.54, 1.807) is 13.2 Å². The summed E-state index contributed by atoms with van der Waals surface area (Å²) < 4.78 is 6.20. The number of hydrogen-bond donors (Lipinski definition) is 2. The first kappa shape index (κ1) is 19.0. The number of amides is 1. The van der Waals surface area contributed by atoms with Crippen LogP contribution in [0, 0.1) is 11.8 Å². The Balaban J connectivity index is 1.96. The molecule has 0 aromatic heterocycles. The second-order valence-corrected chi connectivity index (χ2v) is 8.13. The standard InChI is InChI=1S/C22H32N2O2/c1-15-10-11-20(12-15)24-14-19-9-4-6-16(2)22(19,26-3)18-8-5-7-17(13-18)21(23)25/h5,7-8,13-16,20,24H,4,6,9-12H2,1-3H3,(H2,23,25)/b19-14-. The van der Waals surface area contributed by atoms with Gasteiger partial charge in [0.05, 0.1) is 0 Å². The molecular weight excluding hydrogens is 324 g/mol. The molecule has 3 rings (SSSR count). The second kappa shape index (κ2) is 7.83.